The highest BCUT2D eigenvalue weighted by Gasteiger charge is 2.14. The van der Waals surface area contributed by atoms with Gasteiger partial charge in [-0.05, 0) is 37.5 Å². The Bertz CT molecular complexity index is 648. The van der Waals surface area contributed by atoms with Crippen molar-refractivity contribution >= 4 is 17.5 Å². The van der Waals surface area contributed by atoms with Crippen molar-refractivity contribution in [3.05, 3.63) is 47.5 Å². The summed E-state index contributed by atoms with van der Waals surface area (Å²) < 4.78 is 0. The van der Waals surface area contributed by atoms with E-state index in [4.69, 9.17) is 0 Å². The lowest BCUT2D eigenvalue weighted by molar-refractivity contribution is -0.115. The normalized spacial score (nSPS) is 14.1. The second kappa shape index (κ2) is 6.56. The summed E-state index contributed by atoms with van der Waals surface area (Å²) in [7, 11) is 0. The minimum atomic E-state index is -0.0752. The van der Waals surface area contributed by atoms with Gasteiger partial charge in [-0.1, -0.05) is 29.8 Å². The molecule has 0 saturated carbocycles. The average Bonchev–Trinajstić information content (AvgIpc) is 3.02. The third kappa shape index (κ3) is 3.61. The maximum absolute atomic E-state index is 12.0. The molecule has 5 nitrogen and oxygen atoms in total. The number of carbonyl (C=O) groups excluding carboxylic acids is 1. The Morgan fingerprint density at radius 3 is 2.68 bits per heavy atom. The fraction of sp³-hybridized carbons (Fsp3) is 0.353. The van der Waals surface area contributed by atoms with Crippen LogP contribution in [0.3, 0.4) is 0 Å². The Balaban J connectivity index is 1.59. The fourth-order valence-corrected chi connectivity index (χ4v) is 2.70. The van der Waals surface area contributed by atoms with Crippen molar-refractivity contribution in [1.29, 1.82) is 0 Å². The Labute approximate surface area is 130 Å². The van der Waals surface area contributed by atoms with Crippen LogP contribution in [0.4, 0.5) is 11.6 Å². The molecular weight excluding hydrogens is 276 g/mol. The third-order valence-corrected chi connectivity index (χ3v) is 3.80. The Morgan fingerprint density at radius 2 is 2.00 bits per heavy atom. The van der Waals surface area contributed by atoms with Gasteiger partial charge in [0.2, 0.25) is 5.91 Å². The molecule has 1 aliphatic heterocycles. The fourth-order valence-electron chi connectivity index (χ4n) is 2.70. The molecular formula is C17H20N4O. The molecule has 1 aromatic carbocycles. The van der Waals surface area contributed by atoms with Gasteiger partial charge < -0.3 is 10.2 Å². The molecule has 1 aliphatic rings. The molecule has 1 N–H and O–H groups in total. The number of carbonyl (C=O) groups is 1. The first kappa shape index (κ1) is 14.5. The zero-order valence-electron chi connectivity index (χ0n) is 12.7. The van der Waals surface area contributed by atoms with E-state index in [2.05, 4.69) is 20.4 Å². The van der Waals surface area contributed by atoms with Crippen LogP contribution in [-0.4, -0.2) is 29.2 Å². The highest BCUT2D eigenvalue weighted by molar-refractivity contribution is 5.91. The summed E-state index contributed by atoms with van der Waals surface area (Å²) in [5.74, 6) is 1.31. The number of rotatable bonds is 4. The number of aryl methyl sites for hydroxylation is 1. The molecule has 0 aliphatic carbocycles. The number of nitrogens with zero attached hydrogens (tertiary/aromatic N) is 3. The van der Waals surface area contributed by atoms with Crippen molar-refractivity contribution in [1.82, 2.24) is 10.2 Å². The molecule has 1 aromatic heterocycles. The van der Waals surface area contributed by atoms with E-state index < -0.39 is 0 Å². The number of aromatic nitrogens is 2. The van der Waals surface area contributed by atoms with E-state index in [1.807, 2.05) is 43.3 Å². The minimum Gasteiger partial charge on any atom is -0.355 e. The standard InChI is InChI=1S/C17H20N4O/c1-13-5-4-6-14(11-13)12-17(22)18-15-7-8-16(20-19-15)21-9-2-3-10-21/h4-8,11H,2-3,9-10,12H2,1H3,(H,18,19,22). The van der Waals surface area contributed by atoms with E-state index >= 15 is 0 Å². The molecule has 22 heavy (non-hydrogen) atoms. The highest BCUT2D eigenvalue weighted by Crippen LogP contribution is 2.17. The molecule has 2 aromatic rings. The molecule has 0 unspecified atom stereocenters. The molecule has 114 valence electrons. The summed E-state index contributed by atoms with van der Waals surface area (Å²) in [4.78, 5) is 14.3. The van der Waals surface area contributed by atoms with E-state index in [-0.39, 0.29) is 5.91 Å². The maximum Gasteiger partial charge on any atom is 0.229 e. The monoisotopic (exact) mass is 296 g/mol. The zero-order valence-corrected chi connectivity index (χ0v) is 12.7. The van der Waals surface area contributed by atoms with Crippen LogP contribution in [0.25, 0.3) is 0 Å². The van der Waals surface area contributed by atoms with Crippen LogP contribution in [0.2, 0.25) is 0 Å². The first-order valence-electron chi connectivity index (χ1n) is 7.65. The molecule has 0 bridgehead atoms. The maximum atomic E-state index is 12.0. The number of anilines is 2. The Hall–Kier alpha value is -2.43. The number of benzene rings is 1. The van der Waals surface area contributed by atoms with Gasteiger partial charge in [-0.25, -0.2) is 0 Å². The van der Waals surface area contributed by atoms with Crippen molar-refractivity contribution in [2.45, 2.75) is 26.2 Å². The zero-order chi connectivity index (χ0) is 15.4. The van der Waals surface area contributed by atoms with Gasteiger partial charge >= 0.3 is 0 Å². The van der Waals surface area contributed by atoms with Crippen molar-refractivity contribution in [2.24, 2.45) is 0 Å². The second-order valence-electron chi connectivity index (χ2n) is 5.68. The van der Waals surface area contributed by atoms with Crippen LogP contribution < -0.4 is 10.2 Å². The van der Waals surface area contributed by atoms with Gasteiger partial charge in [0, 0.05) is 13.1 Å². The summed E-state index contributed by atoms with van der Waals surface area (Å²) in [5.41, 5.74) is 2.15. The van der Waals surface area contributed by atoms with Crippen molar-refractivity contribution in [2.75, 3.05) is 23.3 Å². The number of hydrogen-bond donors (Lipinski definition) is 1. The van der Waals surface area contributed by atoms with E-state index in [1.54, 1.807) is 0 Å². The van der Waals surface area contributed by atoms with Crippen LogP contribution in [0.15, 0.2) is 36.4 Å². The van der Waals surface area contributed by atoms with Gasteiger partial charge in [0.15, 0.2) is 11.6 Å². The minimum absolute atomic E-state index is 0.0752. The Kier molecular flexibility index (Phi) is 4.32. The van der Waals surface area contributed by atoms with Crippen molar-refractivity contribution < 1.29 is 4.79 Å². The second-order valence-corrected chi connectivity index (χ2v) is 5.68. The molecule has 1 amide bonds. The lowest BCUT2D eigenvalue weighted by Crippen LogP contribution is -2.20. The molecule has 5 heteroatoms. The van der Waals surface area contributed by atoms with Gasteiger partial charge in [0.05, 0.1) is 6.42 Å². The first-order valence-corrected chi connectivity index (χ1v) is 7.65. The molecule has 0 atom stereocenters. The van der Waals surface area contributed by atoms with E-state index in [0.29, 0.717) is 12.2 Å². The summed E-state index contributed by atoms with van der Waals surface area (Å²) >= 11 is 0. The lowest BCUT2D eigenvalue weighted by atomic mass is 10.1. The smallest absolute Gasteiger partial charge is 0.229 e. The number of nitrogens with one attached hydrogen (secondary N) is 1. The summed E-state index contributed by atoms with van der Waals surface area (Å²) in [6, 6.07) is 11.7. The molecule has 2 heterocycles. The van der Waals surface area contributed by atoms with Gasteiger partial charge in [0.25, 0.3) is 0 Å². The van der Waals surface area contributed by atoms with Crippen LogP contribution in [0, 0.1) is 6.92 Å². The van der Waals surface area contributed by atoms with Crippen LogP contribution in [0.1, 0.15) is 24.0 Å². The van der Waals surface area contributed by atoms with Gasteiger partial charge in [-0.3, -0.25) is 4.79 Å². The molecule has 0 spiro atoms. The van der Waals surface area contributed by atoms with Gasteiger partial charge in [-0.15, -0.1) is 10.2 Å². The molecule has 1 saturated heterocycles. The largest absolute Gasteiger partial charge is 0.355 e. The van der Waals surface area contributed by atoms with Crippen molar-refractivity contribution in [3.8, 4) is 0 Å². The number of amides is 1. The highest BCUT2D eigenvalue weighted by atomic mass is 16.1. The Morgan fingerprint density at radius 1 is 1.18 bits per heavy atom. The topological polar surface area (TPSA) is 58.1 Å². The first-order chi connectivity index (χ1) is 10.7. The van der Waals surface area contributed by atoms with Crippen molar-refractivity contribution in [3.63, 3.8) is 0 Å². The van der Waals surface area contributed by atoms with Gasteiger partial charge in [-0.2, -0.15) is 0 Å². The molecule has 1 fully saturated rings. The van der Waals surface area contributed by atoms with Crippen LogP contribution >= 0.6 is 0 Å². The predicted molar refractivity (Wildman–Crippen MR) is 87.0 cm³/mol. The van der Waals surface area contributed by atoms with E-state index in [0.717, 1.165) is 30.0 Å². The van der Waals surface area contributed by atoms with E-state index in [9.17, 15) is 4.79 Å². The van der Waals surface area contributed by atoms with Crippen LogP contribution in [-0.2, 0) is 11.2 Å². The van der Waals surface area contributed by atoms with Crippen LogP contribution in [0.5, 0.6) is 0 Å². The number of hydrogen-bond acceptors (Lipinski definition) is 4. The quantitative estimate of drug-likeness (QED) is 0.942. The molecule has 0 radical (unpaired) electrons. The molecule has 3 rings (SSSR count). The SMILES string of the molecule is Cc1cccc(CC(=O)Nc2ccc(N3CCCC3)nn2)c1. The summed E-state index contributed by atoms with van der Waals surface area (Å²) in [5, 5.41) is 11.1. The average molecular weight is 296 g/mol. The van der Waals surface area contributed by atoms with E-state index in [1.165, 1.54) is 12.8 Å². The summed E-state index contributed by atoms with van der Waals surface area (Å²) in [6.07, 6.45) is 2.75. The third-order valence-electron chi connectivity index (χ3n) is 3.80. The predicted octanol–water partition coefficient (Wildman–Crippen LogP) is 2.57. The lowest BCUT2D eigenvalue weighted by Gasteiger charge is -2.15. The van der Waals surface area contributed by atoms with Gasteiger partial charge in [0.1, 0.15) is 0 Å². The summed E-state index contributed by atoms with van der Waals surface area (Å²) in [6.45, 7) is 4.09.